The van der Waals surface area contributed by atoms with E-state index < -0.39 is 0 Å². The first-order chi connectivity index (χ1) is 11.7. The Balaban J connectivity index is 0.00000169. The van der Waals surface area contributed by atoms with Crippen molar-refractivity contribution in [1.29, 1.82) is 0 Å². The highest BCUT2D eigenvalue weighted by atomic mass is 35.5. The summed E-state index contributed by atoms with van der Waals surface area (Å²) in [7, 11) is 0. The number of nitrogens with zero attached hydrogens (tertiary/aromatic N) is 1. The van der Waals surface area contributed by atoms with Crippen molar-refractivity contribution in [2.75, 3.05) is 45.9 Å². The first-order valence-electron chi connectivity index (χ1n) is 9.11. The van der Waals surface area contributed by atoms with Crippen LogP contribution in [0.2, 0.25) is 0 Å². The molecule has 2 saturated heterocycles. The summed E-state index contributed by atoms with van der Waals surface area (Å²) < 4.78 is 5.49. The average molecular weight is 404 g/mol. The van der Waals surface area contributed by atoms with Crippen LogP contribution < -0.4 is 10.6 Å². The fourth-order valence-electron chi connectivity index (χ4n) is 3.55. The Morgan fingerprint density at radius 3 is 2.58 bits per heavy atom. The lowest BCUT2D eigenvalue weighted by molar-refractivity contribution is -0.125. The maximum absolute atomic E-state index is 12.5. The number of aryl methyl sites for hydroxylation is 1. The minimum Gasteiger partial charge on any atom is -0.379 e. The number of amides is 1. The molecule has 5 nitrogen and oxygen atoms in total. The van der Waals surface area contributed by atoms with Gasteiger partial charge in [0.25, 0.3) is 0 Å². The maximum atomic E-state index is 12.5. The van der Waals surface area contributed by atoms with Gasteiger partial charge in [0.05, 0.1) is 25.2 Å². The number of rotatable bonds is 5. The first-order valence-corrected chi connectivity index (χ1v) is 9.11. The highest BCUT2D eigenvalue weighted by Gasteiger charge is 2.25. The van der Waals surface area contributed by atoms with Crippen LogP contribution in [0, 0.1) is 12.8 Å². The molecule has 2 aliphatic rings. The van der Waals surface area contributed by atoms with Crippen molar-refractivity contribution in [2.24, 2.45) is 5.92 Å². The van der Waals surface area contributed by atoms with Gasteiger partial charge >= 0.3 is 0 Å². The monoisotopic (exact) mass is 403 g/mol. The number of hydrogen-bond acceptors (Lipinski definition) is 4. The van der Waals surface area contributed by atoms with Crippen molar-refractivity contribution in [3.8, 4) is 0 Å². The molecule has 0 spiro atoms. The topological polar surface area (TPSA) is 53.6 Å². The largest absolute Gasteiger partial charge is 0.379 e. The van der Waals surface area contributed by atoms with Gasteiger partial charge in [-0.25, -0.2) is 0 Å². The van der Waals surface area contributed by atoms with Crippen molar-refractivity contribution in [2.45, 2.75) is 25.8 Å². The average Bonchev–Trinajstić information content (AvgIpc) is 2.65. The Labute approximate surface area is 169 Å². The zero-order valence-electron chi connectivity index (χ0n) is 15.4. The van der Waals surface area contributed by atoms with E-state index >= 15 is 0 Å². The number of ether oxygens (including phenoxy) is 1. The molecule has 2 N–H and O–H groups in total. The summed E-state index contributed by atoms with van der Waals surface area (Å²) in [5, 5.41) is 6.52. The van der Waals surface area contributed by atoms with Gasteiger partial charge in [-0.2, -0.15) is 0 Å². The lowest BCUT2D eigenvalue weighted by atomic mass is 9.98. The maximum Gasteiger partial charge on any atom is 0.224 e. The van der Waals surface area contributed by atoms with Crippen LogP contribution in [0.3, 0.4) is 0 Å². The van der Waals surface area contributed by atoms with E-state index in [1.54, 1.807) is 0 Å². The quantitative estimate of drug-likeness (QED) is 0.791. The van der Waals surface area contributed by atoms with Gasteiger partial charge in [0.1, 0.15) is 0 Å². The van der Waals surface area contributed by atoms with E-state index in [1.165, 1.54) is 11.1 Å². The summed E-state index contributed by atoms with van der Waals surface area (Å²) in [6.45, 7) is 7.97. The number of nitrogens with one attached hydrogen (secondary N) is 2. The van der Waals surface area contributed by atoms with E-state index in [-0.39, 0.29) is 42.7 Å². The van der Waals surface area contributed by atoms with Gasteiger partial charge in [0.2, 0.25) is 5.91 Å². The van der Waals surface area contributed by atoms with Crippen molar-refractivity contribution in [3.05, 3.63) is 35.4 Å². The fraction of sp³-hybridized carbons (Fsp3) is 0.632. The number of carbonyl (C=O) groups excluding carboxylic acids is 1. The second-order valence-corrected chi connectivity index (χ2v) is 6.86. The summed E-state index contributed by atoms with van der Waals surface area (Å²) >= 11 is 0. The fourth-order valence-corrected chi connectivity index (χ4v) is 3.55. The third-order valence-electron chi connectivity index (χ3n) is 5.09. The summed E-state index contributed by atoms with van der Waals surface area (Å²) in [6.07, 6.45) is 2.08. The van der Waals surface area contributed by atoms with Gasteiger partial charge in [0.15, 0.2) is 0 Å². The predicted molar refractivity (Wildman–Crippen MR) is 109 cm³/mol. The van der Waals surface area contributed by atoms with Crippen LogP contribution in [-0.2, 0) is 9.53 Å². The number of piperidine rings is 1. The van der Waals surface area contributed by atoms with Gasteiger partial charge in [-0.15, -0.1) is 24.8 Å². The second-order valence-electron chi connectivity index (χ2n) is 6.86. The molecule has 0 saturated carbocycles. The normalized spacial score (nSPS) is 21.8. The number of carbonyl (C=O) groups is 1. The molecule has 0 aromatic heterocycles. The Morgan fingerprint density at radius 1 is 1.27 bits per heavy atom. The third kappa shape index (κ3) is 6.39. The van der Waals surface area contributed by atoms with Gasteiger partial charge in [0, 0.05) is 26.2 Å². The molecule has 0 bridgehead atoms. The number of hydrogen-bond donors (Lipinski definition) is 2. The number of benzene rings is 1. The summed E-state index contributed by atoms with van der Waals surface area (Å²) in [5.41, 5.74) is 2.53. The van der Waals surface area contributed by atoms with E-state index in [9.17, 15) is 4.79 Å². The highest BCUT2D eigenvalue weighted by molar-refractivity contribution is 5.85. The lowest BCUT2D eigenvalue weighted by Crippen LogP contribution is -2.46. The summed E-state index contributed by atoms with van der Waals surface area (Å²) in [4.78, 5) is 14.9. The molecule has 2 heterocycles. The predicted octanol–water partition coefficient (Wildman–Crippen LogP) is 2.33. The number of halogens is 2. The lowest BCUT2D eigenvalue weighted by Gasteiger charge is -2.35. The third-order valence-corrected chi connectivity index (χ3v) is 5.09. The van der Waals surface area contributed by atoms with Crippen molar-refractivity contribution in [3.63, 3.8) is 0 Å². The van der Waals surface area contributed by atoms with Crippen LogP contribution in [0.4, 0.5) is 0 Å². The molecule has 2 fully saturated rings. The molecule has 7 heteroatoms. The van der Waals surface area contributed by atoms with Gasteiger partial charge < -0.3 is 15.4 Å². The molecular formula is C19H31Cl2N3O2. The standard InChI is InChI=1S/C19H29N3O2.2ClH/c1-15-4-6-16(7-5-15)18(22-9-11-24-12-10-22)14-21-19(23)17-3-2-8-20-13-17;;/h4-7,17-18,20H,2-3,8-14H2,1H3,(H,21,23);2*1H. The van der Waals surface area contributed by atoms with Crippen LogP contribution >= 0.6 is 24.8 Å². The van der Waals surface area contributed by atoms with E-state index in [2.05, 4.69) is 46.7 Å². The van der Waals surface area contributed by atoms with Gasteiger partial charge in [-0.05, 0) is 31.9 Å². The van der Waals surface area contributed by atoms with E-state index in [4.69, 9.17) is 4.74 Å². The van der Waals surface area contributed by atoms with Crippen LogP contribution in [0.1, 0.15) is 30.0 Å². The van der Waals surface area contributed by atoms with E-state index in [0.717, 1.165) is 52.2 Å². The highest BCUT2D eigenvalue weighted by Crippen LogP contribution is 2.22. The molecule has 26 heavy (non-hydrogen) atoms. The molecular weight excluding hydrogens is 373 g/mol. The Hall–Kier alpha value is -0.850. The molecule has 2 aliphatic heterocycles. The molecule has 1 aromatic carbocycles. The molecule has 2 atom stereocenters. The molecule has 0 radical (unpaired) electrons. The smallest absolute Gasteiger partial charge is 0.224 e. The Kier molecular flexibility index (Phi) is 10.5. The van der Waals surface area contributed by atoms with Gasteiger partial charge in [-0.1, -0.05) is 29.8 Å². The minimum atomic E-state index is 0. The molecule has 3 rings (SSSR count). The zero-order valence-corrected chi connectivity index (χ0v) is 17.0. The van der Waals surface area contributed by atoms with Crippen LogP contribution in [0.25, 0.3) is 0 Å². The molecule has 2 unspecified atom stereocenters. The minimum absolute atomic E-state index is 0. The van der Waals surface area contributed by atoms with Crippen LogP contribution in [-0.4, -0.2) is 56.7 Å². The SMILES string of the molecule is Cc1ccc(C(CNC(=O)C2CCCNC2)N2CCOCC2)cc1.Cl.Cl. The summed E-state index contributed by atoms with van der Waals surface area (Å²) in [6, 6.07) is 8.88. The zero-order chi connectivity index (χ0) is 16.8. The Morgan fingerprint density at radius 2 is 1.96 bits per heavy atom. The number of morpholine rings is 1. The molecule has 1 aromatic rings. The van der Waals surface area contributed by atoms with Crippen LogP contribution in [0.5, 0.6) is 0 Å². The molecule has 1 amide bonds. The molecule has 0 aliphatic carbocycles. The van der Waals surface area contributed by atoms with Crippen molar-refractivity contribution >= 4 is 30.7 Å². The Bertz CT molecular complexity index is 530. The van der Waals surface area contributed by atoms with Gasteiger partial charge in [-0.3, -0.25) is 9.69 Å². The van der Waals surface area contributed by atoms with Crippen LogP contribution in [0.15, 0.2) is 24.3 Å². The first kappa shape index (κ1) is 23.2. The second kappa shape index (κ2) is 11.8. The van der Waals surface area contributed by atoms with Crippen molar-refractivity contribution < 1.29 is 9.53 Å². The van der Waals surface area contributed by atoms with E-state index in [1.807, 2.05) is 0 Å². The molecule has 148 valence electrons. The van der Waals surface area contributed by atoms with E-state index in [0.29, 0.717) is 6.54 Å². The van der Waals surface area contributed by atoms with Crippen molar-refractivity contribution in [1.82, 2.24) is 15.5 Å². The summed E-state index contributed by atoms with van der Waals surface area (Å²) in [5.74, 6) is 0.301.